The number of rotatable bonds is 10. The van der Waals surface area contributed by atoms with Crippen molar-refractivity contribution in [2.24, 2.45) is 0 Å². The molecule has 0 radical (unpaired) electrons. The van der Waals surface area contributed by atoms with E-state index >= 15 is 0 Å². The minimum absolute atomic E-state index is 0.539. The van der Waals surface area contributed by atoms with Crippen LogP contribution in [0.3, 0.4) is 0 Å². The predicted molar refractivity (Wildman–Crippen MR) is 143 cm³/mol. The minimum atomic E-state index is 0.539. The van der Waals surface area contributed by atoms with Gasteiger partial charge in [-0.3, -0.25) is 9.59 Å². The van der Waals surface area contributed by atoms with Gasteiger partial charge in [0.1, 0.15) is 23.0 Å². The topological polar surface area (TPSA) is 71.1 Å². The van der Waals surface area contributed by atoms with E-state index in [4.69, 9.17) is 18.9 Å². The number of hydrogen-bond acceptors (Lipinski definition) is 6. The van der Waals surface area contributed by atoms with E-state index in [9.17, 15) is 9.59 Å². The lowest BCUT2D eigenvalue weighted by molar-refractivity contribution is 0.111. The minimum Gasteiger partial charge on any atom is -0.494 e. The molecule has 0 aliphatic heterocycles. The third kappa shape index (κ3) is 6.54. The average Bonchev–Trinajstić information content (AvgIpc) is 2.89. The Bertz CT molecular complexity index is 1330. The van der Waals surface area contributed by atoms with Crippen molar-refractivity contribution in [2.75, 3.05) is 26.4 Å². The van der Waals surface area contributed by atoms with Crippen molar-refractivity contribution < 1.29 is 28.5 Å². The summed E-state index contributed by atoms with van der Waals surface area (Å²) in [6, 6.07) is 19.1. The third-order valence-corrected chi connectivity index (χ3v) is 5.36. The molecule has 36 heavy (non-hydrogen) atoms. The van der Waals surface area contributed by atoms with Gasteiger partial charge in [-0.1, -0.05) is 12.1 Å². The van der Waals surface area contributed by atoms with Crippen LogP contribution in [0.15, 0.2) is 60.7 Å². The van der Waals surface area contributed by atoms with E-state index < -0.39 is 0 Å². The molecule has 4 rings (SSSR count). The fourth-order valence-corrected chi connectivity index (χ4v) is 3.80. The van der Waals surface area contributed by atoms with Gasteiger partial charge in [0, 0.05) is 0 Å². The van der Waals surface area contributed by atoms with Crippen molar-refractivity contribution in [1.29, 1.82) is 0 Å². The summed E-state index contributed by atoms with van der Waals surface area (Å²) in [6.45, 7) is 10.0. The van der Waals surface area contributed by atoms with E-state index in [-0.39, 0.29) is 0 Å². The number of aldehydes is 2. The van der Waals surface area contributed by atoms with Gasteiger partial charge in [0.15, 0.2) is 12.6 Å². The molecule has 0 saturated carbocycles. The fraction of sp³-hybridized carbons (Fsp3) is 0.267. The largest absolute Gasteiger partial charge is 0.494 e. The zero-order valence-electron chi connectivity index (χ0n) is 21.2. The summed E-state index contributed by atoms with van der Waals surface area (Å²) in [6.07, 6.45) is 1.64. The van der Waals surface area contributed by atoms with Crippen LogP contribution in [0.2, 0.25) is 0 Å². The van der Waals surface area contributed by atoms with Gasteiger partial charge in [0.05, 0.1) is 37.6 Å². The lowest BCUT2D eigenvalue weighted by Gasteiger charge is -2.09. The highest BCUT2D eigenvalue weighted by atomic mass is 16.5. The van der Waals surface area contributed by atoms with Crippen molar-refractivity contribution in [1.82, 2.24) is 0 Å². The quantitative estimate of drug-likeness (QED) is 0.226. The maximum absolute atomic E-state index is 11.0. The molecule has 6 nitrogen and oxygen atoms in total. The number of carbonyl (C=O) groups excluding carboxylic acids is 2. The Morgan fingerprint density at radius 3 is 1.33 bits per heavy atom. The van der Waals surface area contributed by atoms with Gasteiger partial charge >= 0.3 is 0 Å². The Labute approximate surface area is 211 Å². The molecular formula is C30H32O6. The first-order chi connectivity index (χ1) is 17.6. The van der Waals surface area contributed by atoms with E-state index in [1.807, 2.05) is 88.4 Å². The Balaban J connectivity index is 0.000000201. The molecule has 0 saturated heterocycles. The first-order valence-corrected chi connectivity index (χ1v) is 12.1. The van der Waals surface area contributed by atoms with Crippen LogP contribution >= 0.6 is 0 Å². The van der Waals surface area contributed by atoms with Gasteiger partial charge in [0.25, 0.3) is 0 Å². The molecule has 0 aliphatic rings. The van der Waals surface area contributed by atoms with Crippen LogP contribution in [0.1, 0.15) is 48.4 Å². The molecular weight excluding hydrogens is 456 g/mol. The molecule has 0 amide bonds. The van der Waals surface area contributed by atoms with E-state index in [1.54, 1.807) is 0 Å². The average molecular weight is 489 g/mol. The Hall–Kier alpha value is -4.06. The van der Waals surface area contributed by atoms with Crippen molar-refractivity contribution in [3.63, 3.8) is 0 Å². The Kier molecular flexibility index (Phi) is 9.69. The molecule has 0 unspecified atom stereocenters. The van der Waals surface area contributed by atoms with Gasteiger partial charge in [-0.05, 0) is 97.8 Å². The second kappa shape index (κ2) is 13.1. The molecule has 0 fully saturated rings. The van der Waals surface area contributed by atoms with Crippen LogP contribution in [0, 0.1) is 0 Å². The highest BCUT2D eigenvalue weighted by molar-refractivity contribution is 5.94. The molecule has 0 heterocycles. The van der Waals surface area contributed by atoms with Gasteiger partial charge < -0.3 is 18.9 Å². The lowest BCUT2D eigenvalue weighted by atomic mass is 10.1. The smallest absolute Gasteiger partial charge is 0.153 e. The number of fused-ring (bicyclic) bond motifs is 2. The summed E-state index contributed by atoms with van der Waals surface area (Å²) in [5, 5.41) is 4.03. The van der Waals surface area contributed by atoms with Gasteiger partial charge in [0.2, 0.25) is 0 Å². The second-order valence-corrected chi connectivity index (χ2v) is 7.77. The normalized spacial score (nSPS) is 10.3. The van der Waals surface area contributed by atoms with E-state index in [1.165, 1.54) is 0 Å². The van der Waals surface area contributed by atoms with Crippen LogP contribution in [-0.4, -0.2) is 39.0 Å². The van der Waals surface area contributed by atoms with E-state index in [0.717, 1.165) is 45.6 Å². The lowest BCUT2D eigenvalue weighted by Crippen LogP contribution is -1.96. The first-order valence-electron chi connectivity index (χ1n) is 12.1. The van der Waals surface area contributed by atoms with Crippen molar-refractivity contribution in [3.8, 4) is 23.0 Å². The van der Waals surface area contributed by atoms with Gasteiger partial charge in [-0.15, -0.1) is 0 Å². The number of hydrogen-bond donors (Lipinski definition) is 0. The molecule has 188 valence electrons. The predicted octanol–water partition coefficient (Wildman–Crippen LogP) is 6.90. The summed E-state index contributed by atoms with van der Waals surface area (Å²) in [7, 11) is 0. The highest BCUT2D eigenvalue weighted by Crippen LogP contribution is 2.29. The van der Waals surface area contributed by atoms with E-state index in [2.05, 4.69) is 0 Å². The van der Waals surface area contributed by atoms with Gasteiger partial charge in [-0.2, -0.15) is 0 Å². The molecule has 0 bridgehead atoms. The van der Waals surface area contributed by atoms with Crippen LogP contribution in [0.5, 0.6) is 23.0 Å². The van der Waals surface area contributed by atoms with Crippen molar-refractivity contribution >= 4 is 34.1 Å². The number of ether oxygens (including phenoxy) is 4. The van der Waals surface area contributed by atoms with Crippen LogP contribution in [0.4, 0.5) is 0 Å². The van der Waals surface area contributed by atoms with Crippen molar-refractivity contribution in [3.05, 3.63) is 71.8 Å². The summed E-state index contributed by atoms with van der Waals surface area (Å²) in [5.74, 6) is 2.88. The molecule has 6 heteroatoms. The van der Waals surface area contributed by atoms with Gasteiger partial charge in [-0.25, -0.2) is 0 Å². The maximum Gasteiger partial charge on any atom is 0.153 e. The fourth-order valence-electron chi connectivity index (χ4n) is 3.80. The maximum atomic E-state index is 11.0. The zero-order valence-corrected chi connectivity index (χ0v) is 21.2. The van der Waals surface area contributed by atoms with Crippen molar-refractivity contribution in [2.45, 2.75) is 27.7 Å². The molecule has 0 atom stereocenters. The van der Waals surface area contributed by atoms with Crippen LogP contribution < -0.4 is 18.9 Å². The Morgan fingerprint density at radius 1 is 0.500 bits per heavy atom. The molecule has 0 N–H and O–H groups in total. The zero-order chi connectivity index (χ0) is 25.9. The Morgan fingerprint density at radius 2 is 0.889 bits per heavy atom. The summed E-state index contributed by atoms with van der Waals surface area (Å²) >= 11 is 0. The van der Waals surface area contributed by atoms with E-state index in [0.29, 0.717) is 49.1 Å². The second-order valence-electron chi connectivity index (χ2n) is 7.77. The van der Waals surface area contributed by atoms with Crippen LogP contribution in [0.25, 0.3) is 21.5 Å². The first kappa shape index (κ1) is 26.5. The highest BCUT2D eigenvalue weighted by Gasteiger charge is 2.07. The molecule has 4 aromatic carbocycles. The number of benzene rings is 4. The monoisotopic (exact) mass is 488 g/mol. The third-order valence-electron chi connectivity index (χ3n) is 5.36. The SMILES string of the molecule is CCOc1ccc2cc(C=O)c(OCC)cc2c1.CCOc1ccc2cc(OCC)c(C=O)cc2c1. The summed E-state index contributed by atoms with van der Waals surface area (Å²) in [4.78, 5) is 22.1. The molecule has 0 spiro atoms. The standard InChI is InChI=1S/2C15H16O3/c1-3-17-14-6-5-11-9-15(18-4-2)13(10-16)7-12(11)8-14;1-3-17-14-6-5-11-7-13(10-16)15(18-4-2)9-12(11)8-14/h2*5-10H,3-4H2,1-2H3. The summed E-state index contributed by atoms with van der Waals surface area (Å²) in [5.41, 5.74) is 1.14. The number of carbonyl (C=O) groups is 2. The summed E-state index contributed by atoms with van der Waals surface area (Å²) < 4.78 is 21.8. The van der Waals surface area contributed by atoms with Crippen LogP contribution in [-0.2, 0) is 0 Å². The molecule has 0 aromatic heterocycles. The molecule has 0 aliphatic carbocycles. The molecule has 4 aromatic rings.